The van der Waals surface area contributed by atoms with Crippen molar-refractivity contribution in [2.24, 2.45) is 12.0 Å². The lowest BCUT2D eigenvalue weighted by molar-refractivity contribution is 0.298. The van der Waals surface area contributed by atoms with E-state index in [0.717, 1.165) is 17.0 Å². The van der Waals surface area contributed by atoms with Crippen LogP contribution in [0.1, 0.15) is 29.0 Å². The molecule has 0 aromatic carbocycles. The summed E-state index contributed by atoms with van der Waals surface area (Å²) in [6.45, 7) is 5.05. The van der Waals surface area contributed by atoms with Crippen LogP contribution >= 0.6 is 0 Å². The summed E-state index contributed by atoms with van der Waals surface area (Å²) in [5.41, 5.74) is 2.07. The first-order valence-corrected chi connectivity index (χ1v) is 7.93. The summed E-state index contributed by atoms with van der Waals surface area (Å²) < 4.78 is 7.38. The minimum atomic E-state index is 0.198. The van der Waals surface area contributed by atoms with Gasteiger partial charge in [0, 0.05) is 32.4 Å². The third-order valence-corrected chi connectivity index (χ3v) is 3.90. The summed E-state index contributed by atoms with van der Waals surface area (Å²) in [4.78, 5) is 10.8. The number of guanidine groups is 1. The van der Waals surface area contributed by atoms with Gasteiger partial charge in [0.15, 0.2) is 5.96 Å². The third-order valence-electron chi connectivity index (χ3n) is 3.90. The lowest BCUT2D eigenvalue weighted by atomic mass is 10.1. The van der Waals surface area contributed by atoms with Crippen LogP contribution in [0.5, 0.6) is 0 Å². The van der Waals surface area contributed by atoms with E-state index in [2.05, 4.69) is 30.6 Å². The van der Waals surface area contributed by atoms with Crippen LogP contribution in [-0.2, 0) is 13.6 Å². The number of nitrogens with one attached hydrogen (secondary N) is 2. The molecule has 0 radical (unpaired) electrons. The van der Waals surface area contributed by atoms with Gasteiger partial charge in [0.2, 0.25) is 5.89 Å². The molecule has 8 nitrogen and oxygen atoms in total. The van der Waals surface area contributed by atoms with Gasteiger partial charge in [0.05, 0.1) is 24.5 Å². The number of aromatic nitrogens is 3. The average Bonchev–Trinajstić information content (AvgIpc) is 3.08. The standard InChI is InChI=1S/C16H27N7O/c1-11-12(2)24-15(21-11)9-19-16(17-3)18-8-14(22(4)5)13-7-20-23(6)10-13/h7,10,14H,8-9H2,1-6H3,(H2,17,18,19). The Morgan fingerprint density at radius 3 is 2.62 bits per heavy atom. The molecule has 0 saturated carbocycles. The first-order valence-electron chi connectivity index (χ1n) is 7.93. The molecule has 8 heteroatoms. The smallest absolute Gasteiger partial charge is 0.214 e. The van der Waals surface area contributed by atoms with E-state index in [1.807, 2.05) is 52.1 Å². The zero-order valence-electron chi connectivity index (χ0n) is 15.3. The molecule has 0 aliphatic rings. The molecule has 0 saturated heterocycles. The van der Waals surface area contributed by atoms with Crippen LogP contribution in [0.2, 0.25) is 0 Å². The normalized spacial score (nSPS) is 13.4. The lowest BCUT2D eigenvalue weighted by Gasteiger charge is -2.24. The topological polar surface area (TPSA) is 83.5 Å². The number of hydrogen-bond donors (Lipinski definition) is 2. The Bertz CT molecular complexity index is 667. The van der Waals surface area contributed by atoms with Gasteiger partial charge in [-0.15, -0.1) is 0 Å². The van der Waals surface area contributed by atoms with Gasteiger partial charge in [-0.3, -0.25) is 9.67 Å². The Kier molecular flexibility index (Phi) is 5.97. The number of nitrogens with zero attached hydrogens (tertiary/aromatic N) is 5. The lowest BCUT2D eigenvalue weighted by Crippen LogP contribution is -2.41. The van der Waals surface area contributed by atoms with E-state index in [9.17, 15) is 0 Å². The molecular formula is C16H27N7O. The number of aliphatic imine (C=N–C) groups is 1. The molecule has 2 heterocycles. The minimum Gasteiger partial charge on any atom is -0.444 e. The average molecular weight is 333 g/mol. The van der Waals surface area contributed by atoms with Gasteiger partial charge in [-0.25, -0.2) is 4.98 Å². The van der Waals surface area contributed by atoms with Crippen molar-refractivity contribution in [1.82, 2.24) is 30.3 Å². The maximum atomic E-state index is 5.57. The largest absolute Gasteiger partial charge is 0.444 e. The molecule has 0 bridgehead atoms. The van der Waals surface area contributed by atoms with Gasteiger partial charge in [0.25, 0.3) is 0 Å². The van der Waals surface area contributed by atoms with Crippen LogP contribution in [-0.4, -0.2) is 53.3 Å². The highest BCUT2D eigenvalue weighted by Crippen LogP contribution is 2.16. The summed E-state index contributed by atoms with van der Waals surface area (Å²) in [7, 11) is 7.77. The van der Waals surface area contributed by atoms with Crippen molar-refractivity contribution >= 4 is 5.96 Å². The highest BCUT2D eigenvalue weighted by Gasteiger charge is 2.16. The van der Waals surface area contributed by atoms with Crippen LogP contribution in [0.4, 0.5) is 0 Å². The van der Waals surface area contributed by atoms with Crippen molar-refractivity contribution in [1.29, 1.82) is 0 Å². The Balaban J connectivity index is 1.91. The van der Waals surface area contributed by atoms with Gasteiger partial charge in [-0.05, 0) is 27.9 Å². The van der Waals surface area contributed by atoms with Crippen molar-refractivity contribution in [2.75, 3.05) is 27.7 Å². The molecule has 24 heavy (non-hydrogen) atoms. The molecule has 2 rings (SSSR count). The molecule has 2 N–H and O–H groups in total. The predicted molar refractivity (Wildman–Crippen MR) is 93.8 cm³/mol. The molecule has 0 amide bonds. The maximum absolute atomic E-state index is 5.57. The SMILES string of the molecule is CN=C(NCc1nc(C)c(C)o1)NCC(c1cnn(C)c1)N(C)C. The number of rotatable bonds is 6. The van der Waals surface area contributed by atoms with Crippen LogP contribution in [0.3, 0.4) is 0 Å². The molecule has 2 aromatic heterocycles. The monoisotopic (exact) mass is 333 g/mol. The van der Waals surface area contributed by atoms with Crippen LogP contribution in [0.15, 0.2) is 21.8 Å². The van der Waals surface area contributed by atoms with Crippen molar-refractivity contribution in [2.45, 2.75) is 26.4 Å². The van der Waals surface area contributed by atoms with Gasteiger partial charge in [0.1, 0.15) is 5.76 Å². The fraction of sp³-hybridized carbons (Fsp3) is 0.562. The Labute approximate surface area is 143 Å². The summed E-state index contributed by atoms with van der Waals surface area (Å²) in [6, 6.07) is 0.198. The van der Waals surface area contributed by atoms with Crippen LogP contribution in [0.25, 0.3) is 0 Å². The highest BCUT2D eigenvalue weighted by molar-refractivity contribution is 5.79. The molecule has 132 valence electrons. The van der Waals surface area contributed by atoms with Crippen molar-refractivity contribution < 1.29 is 4.42 Å². The third kappa shape index (κ3) is 4.58. The second kappa shape index (κ2) is 7.96. The van der Waals surface area contributed by atoms with Crippen LogP contribution in [0, 0.1) is 13.8 Å². The maximum Gasteiger partial charge on any atom is 0.214 e. The summed E-state index contributed by atoms with van der Waals surface area (Å²) in [5.74, 6) is 2.21. The number of oxazole rings is 1. The zero-order chi connectivity index (χ0) is 17.7. The molecular weight excluding hydrogens is 306 g/mol. The number of hydrogen-bond acceptors (Lipinski definition) is 5. The highest BCUT2D eigenvalue weighted by atomic mass is 16.4. The number of likely N-dealkylation sites (N-methyl/N-ethyl adjacent to an activating group) is 1. The Morgan fingerprint density at radius 1 is 1.38 bits per heavy atom. The second-order valence-electron chi connectivity index (χ2n) is 5.98. The Morgan fingerprint density at radius 2 is 2.12 bits per heavy atom. The van der Waals surface area contributed by atoms with E-state index >= 15 is 0 Å². The van der Waals surface area contributed by atoms with E-state index in [4.69, 9.17) is 4.42 Å². The molecule has 1 atom stereocenters. The molecule has 0 aliphatic carbocycles. The van der Waals surface area contributed by atoms with Gasteiger partial charge in [-0.2, -0.15) is 5.10 Å². The summed E-state index contributed by atoms with van der Waals surface area (Å²) in [6.07, 6.45) is 3.92. The minimum absolute atomic E-state index is 0.198. The molecule has 2 aromatic rings. The second-order valence-corrected chi connectivity index (χ2v) is 5.98. The quantitative estimate of drug-likeness (QED) is 0.606. The van der Waals surface area contributed by atoms with E-state index in [1.165, 1.54) is 0 Å². The first kappa shape index (κ1) is 18.0. The van der Waals surface area contributed by atoms with Gasteiger partial charge in [-0.1, -0.05) is 0 Å². The molecule has 0 fully saturated rings. The van der Waals surface area contributed by atoms with E-state index in [0.29, 0.717) is 24.9 Å². The molecule has 0 spiro atoms. The Hall–Kier alpha value is -2.35. The number of aryl methyl sites for hydroxylation is 3. The van der Waals surface area contributed by atoms with Crippen molar-refractivity contribution in [3.05, 3.63) is 35.3 Å². The molecule has 0 aliphatic heterocycles. The summed E-state index contributed by atoms with van der Waals surface area (Å²) >= 11 is 0. The summed E-state index contributed by atoms with van der Waals surface area (Å²) in [5, 5.41) is 10.8. The fourth-order valence-corrected chi connectivity index (χ4v) is 2.40. The predicted octanol–water partition coefficient (Wildman–Crippen LogP) is 0.993. The molecule has 1 unspecified atom stereocenters. The van der Waals surface area contributed by atoms with Gasteiger partial charge >= 0.3 is 0 Å². The van der Waals surface area contributed by atoms with Crippen molar-refractivity contribution in [3.63, 3.8) is 0 Å². The van der Waals surface area contributed by atoms with E-state index in [1.54, 1.807) is 7.05 Å². The van der Waals surface area contributed by atoms with E-state index < -0.39 is 0 Å². The fourth-order valence-electron chi connectivity index (χ4n) is 2.40. The van der Waals surface area contributed by atoms with Gasteiger partial charge < -0.3 is 20.0 Å². The van der Waals surface area contributed by atoms with Crippen molar-refractivity contribution in [3.8, 4) is 0 Å². The first-order chi connectivity index (χ1) is 11.4. The van der Waals surface area contributed by atoms with Crippen LogP contribution < -0.4 is 10.6 Å². The zero-order valence-corrected chi connectivity index (χ0v) is 15.3. The van der Waals surface area contributed by atoms with E-state index in [-0.39, 0.29) is 6.04 Å².